The molecule has 0 saturated heterocycles. The molecule has 0 saturated carbocycles. The van der Waals surface area contributed by atoms with Crippen molar-refractivity contribution in [2.45, 2.75) is 6.04 Å². The lowest BCUT2D eigenvalue weighted by molar-refractivity contribution is 0.204. The summed E-state index contributed by atoms with van der Waals surface area (Å²) in [5.41, 5.74) is 7.98. The van der Waals surface area contributed by atoms with Crippen molar-refractivity contribution in [2.75, 3.05) is 24.3 Å². The number of hydrogen-bond acceptors (Lipinski definition) is 5. The molecule has 0 bridgehead atoms. The van der Waals surface area contributed by atoms with E-state index in [4.69, 9.17) is 15.9 Å². The molecule has 2 aromatic rings. The van der Waals surface area contributed by atoms with E-state index in [1.807, 2.05) is 6.07 Å². The normalized spacial score (nSPS) is 11.1. The van der Waals surface area contributed by atoms with Gasteiger partial charge in [-0.05, 0) is 34.1 Å². The Balaban J connectivity index is 2.49. The second kappa shape index (κ2) is 5.51. The molecular weight excluding hydrogens is 298 g/mol. The van der Waals surface area contributed by atoms with Crippen molar-refractivity contribution in [2.24, 2.45) is 0 Å². The van der Waals surface area contributed by atoms with Gasteiger partial charge in [0, 0.05) is 21.7 Å². The Hall–Kier alpha value is -1.37. The smallest absolute Gasteiger partial charge is 0.0954 e. The summed E-state index contributed by atoms with van der Waals surface area (Å²) in [4.78, 5) is 4.31. The molecular formula is C12H14BrN3O2. The minimum Gasteiger partial charge on any atom is -0.398 e. The molecule has 1 aromatic carbocycles. The quantitative estimate of drug-likeness (QED) is 0.640. The molecule has 5 nitrogen and oxygen atoms in total. The van der Waals surface area contributed by atoms with E-state index in [0.29, 0.717) is 11.2 Å². The summed E-state index contributed by atoms with van der Waals surface area (Å²) < 4.78 is 0.847. The fourth-order valence-electron chi connectivity index (χ4n) is 1.70. The second-order valence-corrected chi connectivity index (χ2v) is 4.87. The number of aliphatic hydroxyl groups is 2. The van der Waals surface area contributed by atoms with Gasteiger partial charge >= 0.3 is 0 Å². The first-order valence-corrected chi connectivity index (χ1v) is 6.27. The maximum Gasteiger partial charge on any atom is 0.0954 e. The van der Waals surface area contributed by atoms with E-state index in [1.54, 1.807) is 18.3 Å². The average Bonchev–Trinajstić information content (AvgIpc) is 2.38. The fraction of sp³-hybridized carbons (Fsp3) is 0.250. The number of rotatable bonds is 4. The fourth-order valence-corrected chi connectivity index (χ4v) is 2.03. The van der Waals surface area contributed by atoms with Gasteiger partial charge in [0.2, 0.25) is 0 Å². The topological polar surface area (TPSA) is 91.4 Å². The van der Waals surface area contributed by atoms with Crippen LogP contribution in [0.3, 0.4) is 0 Å². The van der Waals surface area contributed by atoms with Crippen LogP contribution in [0.1, 0.15) is 0 Å². The highest BCUT2D eigenvalue weighted by atomic mass is 79.9. The Labute approximate surface area is 113 Å². The zero-order valence-corrected chi connectivity index (χ0v) is 11.2. The Morgan fingerprint density at radius 1 is 1.33 bits per heavy atom. The summed E-state index contributed by atoms with van der Waals surface area (Å²) in [6.45, 7) is -0.308. The molecule has 0 unspecified atom stereocenters. The Morgan fingerprint density at radius 2 is 2.06 bits per heavy atom. The van der Waals surface area contributed by atoms with E-state index < -0.39 is 6.04 Å². The molecule has 0 fully saturated rings. The molecule has 0 amide bonds. The number of pyridine rings is 1. The number of hydrogen-bond donors (Lipinski definition) is 4. The third kappa shape index (κ3) is 2.55. The first-order chi connectivity index (χ1) is 8.65. The van der Waals surface area contributed by atoms with Crippen LogP contribution in [0.4, 0.5) is 11.4 Å². The number of nitrogen functional groups attached to an aromatic ring is 1. The molecule has 0 spiro atoms. The highest BCUT2D eigenvalue weighted by Gasteiger charge is 2.10. The minimum atomic E-state index is -0.415. The summed E-state index contributed by atoms with van der Waals surface area (Å²) >= 11 is 3.35. The average molecular weight is 312 g/mol. The van der Waals surface area contributed by atoms with Gasteiger partial charge in [0.1, 0.15) is 0 Å². The van der Waals surface area contributed by atoms with Crippen LogP contribution in [-0.2, 0) is 0 Å². The van der Waals surface area contributed by atoms with E-state index in [1.165, 1.54) is 0 Å². The monoisotopic (exact) mass is 311 g/mol. The van der Waals surface area contributed by atoms with E-state index in [9.17, 15) is 0 Å². The van der Waals surface area contributed by atoms with E-state index in [0.717, 1.165) is 15.5 Å². The van der Waals surface area contributed by atoms with Gasteiger partial charge in [-0.15, -0.1) is 0 Å². The number of anilines is 2. The number of aromatic nitrogens is 1. The molecule has 0 aliphatic heterocycles. The van der Waals surface area contributed by atoms with Crippen LogP contribution in [0.15, 0.2) is 28.9 Å². The number of benzene rings is 1. The van der Waals surface area contributed by atoms with Gasteiger partial charge in [0.15, 0.2) is 0 Å². The van der Waals surface area contributed by atoms with Gasteiger partial charge in [-0.3, -0.25) is 4.98 Å². The number of nitrogens with one attached hydrogen (secondary N) is 1. The Morgan fingerprint density at radius 3 is 2.72 bits per heavy atom. The lowest BCUT2D eigenvalue weighted by Crippen LogP contribution is -2.27. The summed E-state index contributed by atoms with van der Waals surface area (Å²) in [6.07, 6.45) is 1.68. The first kappa shape index (κ1) is 13.1. The zero-order valence-electron chi connectivity index (χ0n) is 9.60. The number of fused-ring (bicyclic) bond motifs is 1. The van der Waals surface area contributed by atoms with E-state index >= 15 is 0 Å². The molecule has 6 heteroatoms. The van der Waals surface area contributed by atoms with Crippen LogP contribution in [-0.4, -0.2) is 34.5 Å². The molecule has 0 aliphatic rings. The highest BCUT2D eigenvalue weighted by molar-refractivity contribution is 9.10. The Kier molecular flexibility index (Phi) is 4.00. The molecule has 0 aliphatic carbocycles. The van der Waals surface area contributed by atoms with Gasteiger partial charge < -0.3 is 21.3 Å². The summed E-state index contributed by atoms with van der Waals surface area (Å²) in [5, 5.41) is 22.0. The van der Waals surface area contributed by atoms with Crippen molar-refractivity contribution in [3.63, 3.8) is 0 Å². The first-order valence-electron chi connectivity index (χ1n) is 5.47. The standard InChI is InChI=1S/C12H14BrN3O2/c13-7-3-9-10(14)1-2-11(12(9)15-4-7)16-8(5-17)6-18/h1-4,8,16-18H,5-6,14H2. The zero-order chi connectivity index (χ0) is 13.1. The molecule has 5 N–H and O–H groups in total. The van der Waals surface area contributed by atoms with Crippen molar-refractivity contribution < 1.29 is 10.2 Å². The molecule has 96 valence electrons. The number of nitrogens with zero attached hydrogens (tertiary/aromatic N) is 1. The summed E-state index contributed by atoms with van der Waals surface area (Å²) in [6, 6.07) is 5.03. The number of halogens is 1. The van der Waals surface area contributed by atoms with Gasteiger partial charge in [-0.2, -0.15) is 0 Å². The molecule has 1 aromatic heterocycles. The van der Waals surface area contributed by atoms with Gasteiger partial charge in [0.25, 0.3) is 0 Å². The van der Waals surface area contributed by atoms with E-state index in [2.05, 4.69) is 26.2 Å². The predicted octanol–water partition coefficient (Wildman–Crippen LogP) is 1.34. The van der Waals surface area contributed by atoms with E-state index in [-0.39, 0.29) is 13.2 Å². The molecule has 0 atom stereocenters. The van der Waals surface area contributed by atoms with Crippen LogP contribution in [0.25, 0.3) is 10.9 Å². The maximum absolute atomic E-state index is 9.08. The van der Waals surface area contributed by atoms with Crippen molar-refractivity contribution in [3.8, 4) is 0 Å². The number of aliphatic hydroxyl groups excluding tert-OH is 2. The van der Waals surface area contributed by atoms with Crippen LogP contribution >= 0.6 is 15.9 Å². The lowest BCUT2D eigenvalue weighted by Gasteiger charge is -2.16. The summed E-state index contributed by atoms with van der Waals surface area (Å²) in [5.74, 6) is 0. The van der Waals surface area contributed by atoms with Gasteiger partial charge in [0.05, 0.1) is 30.5 Å². The van der Waals surface area contributed by atoms with Gasteiger partial charge in [-0.1, -0.05) is 0 Å². The SMILES string of the molecule is Nc1ccc(NC(CO)CO)c2ncc(Br)cc12. The Bertz CT molecular complexity index is 558. The summed E-state index contributed by atoms with van der Waals surface area (Å²) in [7, 11) is 0. The third-order valence-electron chi connectivity index (χ3n) is 2.65. The van der Waals surface area contributed by atoms with Gasteiger partial charge in [-0.25, -0.2) is 0 Å². The maximum atomic E-state index is 9.08. The van der Waals surface area contributed by atoms with Crippen molar-refractivity contribution in [1.29, 1.82) is 0 Å². The predicted molar refractivity (Wildman–Crippen MR) is 75.4 cm³/mol. The van der Waals surface area contributed by atoms with Crippen LogP contribution in [0.2, 0.25) is 0 Å². The van der Waals surface area contributed by atoms with Crippen LogP contribution in [0, 0.1) is 0 Å². The molecule has 1 heterocycles. The van der Waals surface area contributed by atoms with Crippen LogP contribution < -0.4 is 11.1 Å². The van der Waals surface area contributed by atoms with Crippen molar-refractivity contribution in [1.82, 2.24) is 4.98 Å². The molecule has 18 heavy (non-hydrogen) atoms. The molecule has 0 radical (unpaired) electrons. The third-order valence-corrected chi connectivity index (χ3v) is 3.08. The molecule has 2 rings (SSSR count). The highest BCUT2D eigenvalue weighted by Crippen LogP contribution is 2.29. The van der Waals surface area contributed by atoms with Crippen molar-refractivity contribution in [3.05, 3.63) is 28.9 Å². The minimum absolute atomic E-state index is 0.154. The largest absolute Gasteiger partial charge is 0.398 e. The van der Waals surface area contributed by atoms with Crippen LogP contribution in [0.5, 0.6) is 0 Å². The number of nitrogens with two attached hydrogens (primary N) is 1. The second-order valence-electron chi connectivity index (χ2n) is 3.96. The van der Waals surface area contributed by atoms with Crippen molar-refractivity contribution >= 4 is 38.2 Å². The lowest BCUT2D eigenvalue weighted by atomic mass is 10.1.